The second-order valence-corrected chi connectivity index (χ2v) is 5.50. The van der Waals surface area contributed by atoms with Gasteiger partial charge < -0.3 is 9.26 Å². The van der Waals surface area contributed by atoms with Crippen LogP contribution in [0, 0.1) is 0 Å². The van der Waals surface area contributed by atoms with Crippen LogP contribution in [0.4, 0.5) is 0 Å². The van der Waals surface area contributed by atoms with Crippen molar-refractivity contribution in [3.63, 3.8) is 0 Å². The summed E-state index contributed by atoms with van der Waals surface area (Å²) < 4.78 is 11.3. The highest BCUT2D eigenvalue weighted by Crippen LogP contribution is 2.41. The van der Waals surface area contributed by atoms with Crippen LogP contribution in [0.15, 0.2) is 4.52 Å². The van der Waals surface area contributed by atoms with Gasteiger partial charge in [-0.25, -0.2) is 0 Å². The zero-order valence-electron chi connectivity index (χ0n) is 11.4. The molecule has 2 aliphatic rings. The molecule has 5 heteroatoms. The molecule has 0 radical (unpaired) electrons. The molecule has 0 aromatic carbocycles. The molecule has 0 bridgehead atoms. The number of carbonyl (C=O) groups is 1. The maximum absolute atomic E-state index is 11.8. The second kappa shape index (κ2) is 5.04. The highest BCUT2D eigenvalue weighted by atomic mass is 16.5. The van der Waals surface area contributed by atoms with Gasteiger partial charge in [0.25, 0.3) is 0 Å². The maximum Gasteiger partial charge on any atom is 0.237 e. The minimum absolute atomic E-state index is 0.179. The summed E-state index contributed by atoms with van der Waals surface area (Å²) in [5.74, 6) is 1.18. The lowest BCUT2D eigenvalue weighted by Gasteiger charge is -2.24. The average molecular weight is 264 g/mol. The van der Waals surface area contributed by atoms with Crippen LogP contribution in [0.2, 0.25) is 0 Å². The van der Waals surface area contributed by atoms with Crippen molar-refractivity contribution < 1.29 is 14.1 Å². The third kappa shape index (κ3) is 2.20. The fraction of sp³-hybridized carbons (Fsp3) is 0.786. The standard InChI is InChI=1S/C14H20N2O3/c1-2-18-14(8-3-4-9-14)13-15-12(19-16-13)10-6-5-7-11(10)17/h10H,2-9H2,1H3. The van der Waals surface area contributed by atoms with E-state index in [0.717, 1.165) is 38.5 Å². The lowest BCUT2D eigenvalue weighted by molar-refractivity contribution is -0.119. The molecule has 0 amide bonds. The molecule has 2 fully saturated rings. The Balaban J connectivity index is 1.85. The first-order chi connectivity index (χ1) is 9.25. The van der Waals surface area contributed by atoms with Crippen molar-refractivity contribution in [3.8, 4) is 0 Å². The van der Waals surface area contributed by atoms with Crippen LogP contribution in [0.1, 0.15) is 69.5 Å². The Morgan fingerprint density at radius 1 is 1.37 bits per heavy atom. The van der Waals surface area contributed by atoms with Crippen molar-refractivity contribution >= 4 is 5.78 Å². The summed E-state index contributed by atoms with van der Waals surface area (Å²) in [5.41, 5.74) is -0.377. The summed E-state index contributed by atoms with van der Waals surface area (Å²) in [7, 11) is 0. The number of ketones is 1. The van der Waals surface area contributed by atoms with Crippen molar-refractivity contribution in [2.75, 3.05) is 6.61 Å². The van der Waals surface area contributed by atoms with Gasteiger partial charge in [0.15, 0.2) is 0 Å². The van der Waals surface area contributed by atoms with Crippen LogP contribution in [0.3, 0.4) is 0 Å². The molecule has 1 unspecified atom stereocenters. The van der Waals surface area contributed by atoms with Gasteiger partial charge in [-0.05, 0) is 45.4 Å². The van der Waals surface area contributed by atoms with Gasteiger partial charge in [0, 0.05) is 13.0 Å². The number of hydrogen-bond donors (Lipinski definition) is 0. The molecule has 0 saturated heterocycles. The topological polar surface area (TPSA) is 65.2 Å². The summed E-state index contributed by atoms with van der Waals surface area (Å²) in [6, 6.07) is 0. The van der Waals surface area contributed by atoms with E-state index in [1.165, 1.54) is 0 Å². The molecule has 1 heterocycles. The molecule has 3 rings (SSSR count). The number of hydrogen-bond acceptors (Lipinski definition) is 5. The van der Waals surface area contributed by atoms with E-state index in [2.05, 4.69) is 10.1 Å². The van der Waals surface area contributed by atoms with E-state index < -0.39 is 0 Å². The maximum atomic E-state index is 11.8. The van der Waals surface area contributed by atoms with Gasteiger partial charge in [-0.3, -0.25) is 4.79 Å². The fourth-order valence-electron chi connectivity index (χ4n) is 3.29. The molecule has 2 saturated carbocycles. The van der Waals surface area contributed by atoms with Crippen LogP contribution >= 0.6 is 0 Å². The molecular formula is C14H20N2O3. The summed E-state index contributed by atoms with van der Waals surface area (Å²) in [6.45, 7) is 2.63. The molecule has 5 nitrogen and oxygen atoms in total. The van der Waals surface area contributed by atoms with Crippen molar-refractivity contribution in [1.29, 1.82) is 0 Å². The minimum atomic E-state index is -0.377. The Bertz CT molecular complexity index is 463. The van der Waals surface area contributed by atoms with E-state index in [1.807, 2.05) is 6.92 Å². The number of ether oxygens (including phenoxy) is 1. The zero-order valence-corrected chi connectivity index (χ0v) is 11.4. The first-order valence-electron chi connectivity index (χ1n) is 7.26. The van der Waals surface area contributed by atoms with Gasteiger partial charge in [0.2, 0.25) is 11.7 Å². The molecule has 1 aromatic heterocycles. The van der Waals surface area contributed by atoms with Gasteiger partial charge in [-0.15, -0.1) is 0 Å². The average Bonchev–Trinajstić information content (AvgIpc) is 3.08. The number of carbonyl (C=O) groups excluding carboxylic acids is 1. The summed E-state index contributed by atoms with van der Waals surface area (Å²) in [5, 5.41) is 4.10. The molecule has 0 aliphatic heterocycles. The second-order valence-electron chi connectivity index (χ2n) is 5.50. The van der Waals surface area contributed by atoms with E-state index >= 15 is 0 Å². The summed E-state index contributed by atoms with van der Waals surface area (Å²) in [6.07, 6.45) is 6.55. The molecule has 0 spiro atoms. The van der Waals surface area contributed by atoms with Crippen molar-refractivity contribution in [2.24, 2.45) is 0 Å². The van der Waals surface area contributed by atoms with E-state index in [4.69, 9.17) is 9.26 Å². The highest BCUT2D eigenvalue weighted by molar-refractivity contribution is 5.86. The molecule has 1 aromatic rings. The number of aromatic nitrogens is 2. The SMILES string of the molecule is CCOC1(c2noc(C3CCCC3=O)n2)CCCC1. The van der Waals surface area contributed by atoms with Gasteiger partial charge in [-0.2, -0.15) is 4.98 Å². The molecule has 19 heavy (non-hydrogen) atoms. The molecule has 2 aliphatic carbocycles. The van der Waals surface area contributed by atoms with Crippen LogP contribution < -0.4 is 0 Å². The zero-order chi connectivity index (χ0) is 13.3. The predicted molar refractivity (Wildman–Crippen MR) is 67.7 cm³/mol. The van der Waals surface area contributed by atoms with Gasteiger partial charge >= 0.3 is 0 Å². The van der Waals surface area contributed by atoms with Gasteiger partial charge in [-0.1, -0.05) is 5.16 Å². The fourth-order valence-corrected chi connectivity index (χ4v) is 3.29. The Kier molecular flexibility index (Phi) is 3.39. The van der Waals surface area contributed by atoms with Crippen LogP contribution in [-0.4, -0.2) is 22.5 Å². The first kappa shape index (κ1) is 12.8. The van der Waals surface area contributed by atoms with Crippen LogP contribution in [-0.2, 0) is 15.1 Å². The van der Waals surface area contributed by atoms with Crippen LogP contribution in [0.25, 0.3) is 0 Å². The number of nitrogens with zero attached hydrogens (tertiary/aromatic N) is 2. The van der Waals surface area contributed by atoms with E-state index in [9.17, 15) is 4.79 Å². The van der Waals surface area contributed by atoms with Crippen molar-refractivity contribution in [1.82, 2.24) is 10.1 Å². The van der Waals surface area contributed by atoms with Gasteiger partial charge in [0.1, 0.15) is 11.4 Å². The predicted octanol–water partition coefficient (Wildman–Crippen LogP) is 2.71. The summed E-state index contributed by atoms with van der Waals surface area (Å²) >= 11 is 0. The van der Waals surface area contributed by atoms with Crippen molar-refractivity contribution in [3.05, 3.63) is 11.7 Å². The quantitative estimate of drug-likeness (QED) is 0.836. The van der Waals surface area contributed by atoms with E-state index in [1.54, 1.807) is 0 Å². The molecule has 104 valence electrons. The number of rotatable bonds is 4. The normalized spacial score (nSPS) is 26.2. The van der Waals surface area contributed by atoms with Crippen LogP contribution in [0.5, 0.6) is 0 Å². The molecule has 1 atom stereocenters. The van der Waals surface area contributed by atoms with E-state index in [0.29, 0.717) is 24.7 Å². The summed E-state index contributed by atoms with van der Waals surface area (Å²) in [4.78, 5) is 16.2. The monoisotopic (exact) mass is 264 g/mol. The first-order valence-corrected chi connectivity index (χ1v) is 7.26. The highest BCUT2D eigenvalue weighted by Gasteiger charge is 2.42. The third-order valence-corrected chi connectivity index (χ3v) is 4.28. The Labute approximate surface area is 112 Å². The lowest BCUT2D eigenvalue weighted by Crippen LogP contribution is -2.27. The lowest BCUT2D eigenvalue weighted by atomic mass is 10.0. The minimum Gasteiger partial charge on any atom is -0.367 e. The Morgan fingerprint density at radius 2 is 2.16 bits per heavy atom. The Morgan fingerprint density at radius 3 is 2.79 bits per heavy atom. The third-order valence-electron chi connectivity index (χ3n) is 4.28. The largest absolute Gasteiger partial charge is 0.367 e. The molecular weight excluding hydrogens is 244 g/mol. The van der Waals surface area contributed by atoms with Crippen molar-refractivity contribution in [2.45, 2.75) is 63.4 Å². The van der Waals surface area contributed by atoms with Gasteiger partial charge in [0.05, 0.1) is 5.92 Å². The molecule has 0 N–H and O–H groups in total. The Hall–Kier alpha value is -1.23. The number of Topliss-reactive ketones (excluding diaryl/α,β-unsaturated/α-hetero) is 1. The smallest absolute Gasteiger partial charge is 0.237 e. The van der Waals surface area contributed by atoms with E-state index in [-0.39, 0.29) is 17.3 Å².